The smallest absolute Gasteiger partial charge is 0.233 e. The predicted octanol–water partition coefficient (Wildman–Crippen LogP) is 4.89. The summed E-state index contributed by atoms with van der Waals surface area (Å²) in [5.41, 5.74) is -0.103. The summed E-state index contributed by atoms with van der Waals surface area (Å²) in [6, 6.07) is 7.06. The van der Waals surface area contributed by atoms with E-state index in [0.717, 1.165) is 6.07 Å². The minimum absolute atomic E-state index is 0.103. The Hall–Kier alpha value is -1.37. The zero-order chi connectivity index (χ0) is 12.1. The largest absolute Gasteiger partial charge is 0.325 e. The zero-order valence-electron chi connectivity index (χ0n) is 7.71. The Balaban J connectivity index is 2.75. The van der Waals surface area contributed by atoms with E-state index in [-0.39, 0.29) is 5.52 Å². The number of fused-ring (bicyclic) bond motifs is 1. The molecule has 0 unspecified atom stereocenters. The van der Waals surface area contributed by atoms with Crippen LogP contribution in [-0.2, 0) is 0 Å². The van der Waals surface area contributed by atoms with Crippen LogP contribution in [0.15, 0.2) is 41.4 Å². The first-order valence-corrected chi connectivity index (χ1v) is 6.11. The van der Waals surface area contributed by atoms with Crippen LogP contribution in [0.25, 0.3) is 10.9 Å². The van der Waals surface area contributed by atoms with Crippen LogP contribution in [0.3, 0.4) is 0 Å². The van der Waals surface area contributed by atoms with E-state index < -0.39 is 15.3 Å². The summed E-state index contributed by atoms with van der Waals surface area (Å²) in [6.45, 7) is 0. The maximum absolute atomic E-state index is 12.4. The number of nitrogens with zero attached hydrogens (tertiary/aromatic N) is 1. The number of halogens is 5. The highest BCUT2D eigenvalue weighted by atomic mass is 32.5. The Morgan fingerprint density at radius 3 is 2.06 bits per heavy atom. The van der Waals surface area contributed by atoms with Gasteiger partial charge >= 0.3 is 10.2 Å². The molecule has 0 saturated heterocycles. The van der Waals surface area contributed by atoms with Crippen LogP contribution in [0, 0.1) is 0 Å². The van der Waals surface area contributed by atoms with Crippen LogP contribution in [0.2, 0.25) is 0 Å². The van der Waals surface area contributed by atoms with Crippen LogP contribution in [0.5, 0.6) is 0 Å². The van der Waals surface area contributed by atoms with Crippen LogP contribution < -0.4 is 0 Å². The number of pyridine rings is 1. The quantitative estimate of drug-likeness (QED) is 0.661. The summed E-state index contributed by atoms with van der Waals surface area (Å²) in [6.07, 6.45) is 0. The number of aromatic nitrogens is 1. The molecule has 2 aromatic rings. The summed E-state index contributed by atoms with van der Waals surface area (Å²) in [7, 11) is -9.66. The van der Waals surface area contributed by atoms with Gasteiger partial charge in [-0.25, -0.2) is 4.98 Å². The average Bonchev–Trinajstić information content (AvgIpc) is 2.13. The Bertz CT molecular complexity index is 562. The fourth-order valence-electron chi connectivity index (χ4n) is 1.26. The van der Waals surface area contributed by atoms with Crippen molar-refractivity contribution in [2.45, 2.75) is 5.03 Å². The molecule has 0 amide bonds. The molecule has 1 nitrogen and oxygen atoms in total. The van der Waals surface area contributed by atoms with Crippen molar-refractivity contribution in [1.82, 2.24) is 4.98 Å². The molecule has 1 aromatic carbocycles. The molecule has 0 saturated carbocycles. The van der Waals surface area contributed by atoms with Crippen molar-refractivity contribution in [3.8, 4) is 0 Å². The number of rotatable bonds is 1. The molecule has 0 spiro atoms. The summed E-state index contributed by atoms with van der Waals surface area (Å²) in [4.78, 5) is 2.97. The number of hydrogen-bond donors (Lipinski definition) is 0. The molecule has 16 heavy (non-hydrogen) atoms. The lowest BCUT2D eigenvalue weighted by atomic mass is 10.2. The number of para-hydroxylation sites is 1. The van der Waals surface area contributed by atoms with Crippen LogP contribution in [0.1, 0.15) is 0 Å². The molecule has 0 aliphatic carbocycles. The second-order valence-electron chi connectivity index (χ2n) is 3.31. The fourth-order valence-corrected chi connectivity index (χ4v) is 1.86. The van der Waals surface area contributed by atoms with Gasteiger partial charge in [0.2, 0.25) is 0 Å². The zero-order valence-corrected chi connectivity index (χ0v) is 8.53. The Morgan fingerprint density at radius 2 is 1.44 bits per heavy atom. The van der Waals surface area contributed by atoms with E-state index in [2.05, 4.69) is 4.98 Å². The highest BCUT2D eigenvalue weighted by molar-refractivity contribution is 8.45. The molecular weight excluding hydrogens is 249 g/mol. The van der Waals surface area contributed by atoms with Crippen LogP contribution in [-0.4, -0.2) is 4.98 Å². The standard InChI is InChI=1S/C9H6F5NS/c10-16(11,12,13,14)9-6-5-7-3-1-2-4-8(7)15-9/h1-6H. The van der Waals surface area contributed by atoms with E-state index in [9.17, 15) is 19.4 Å². The van der Waals surface area contributed by atoms with Gasteiger partial charge in [-0.15, -0.1) is 0 Å². The average molecular weight is 255 g/mol. The Kier molecular flexibility index (Phi) is 1.72. The maximum atomic E-state index is 12.4. The lowest BCUT2D eigenvalue weighted by Gasteiger charge is -2.39. The van der Waals surface area contributed by atoms with Gasteiger partial charge in [0.1, 0.15) is 0 Å². The molecule has 7 heteroatoms. The highest BCUT2D eigenvalue weighted by Crippen LogP contribution is 3.01. The first kappa shape index (κ1) is 11.1. The van der Waals surface area contributed by atoms with Gasteiger partial charge in [0.15, 0.2) is 5.03 Å². The molecule has 0 radical (unpaired) electrons. The highest BCUT2D eigenvalue weighted by Gasteiger charge is 2.67. The third-order valence-corrected chi connectivity index (χ3v) is 2.99. The summed E-state index contributed by atoms with van der Waals surface area (Å²) in [5.74, 6) is 0. The third-order valence-electron chi connectivity index (χ3n) is 1.97. The van der Waals surface area contributed by atoms with Crippen molar-refractivity contribution >= 4 is 21.1 Å². The van der Waals surface area contributed by atoms with Gasteiger partial charge in [0.25, 0.3) is 0 Å². The second-order valence-corrected chi connectivity index (χ2v) is 5.67. The second kappa shape index (κ2) is 2.48. The molecule has 0 N–H and O–H groups in total. The summed E-state index contributed by atoms with van der Waals surface area (Å²) < 4.78 is 62.1. The maximum Gasteiger partial charge on any atom is 0.325 e. The predicted molar refractivity (Wildman–Crippen MR) is 53.1 cm³/mol. The lowest BCUT2D eigenvalue weighted by molar-refractivity contribution is 0.359. The first-order chi connectivity index (χ1) is 7.06. The first-order valence-electron chi connectivity index (χ1n) is 4.16. The van der Waals surface area contributed by atoms with Gasteiger partial charge < -0.3 is 0 Å². The monoisotopic (exact) mass is 255 g/mol. The molecule has 0 aliphatic heterocycles. The van der Waals surface area contributed by atoms with Gasteiger partial charge in [0, 0.05) is 5.39 Å². The van der Waals surface area contributed by atoms with E-state index in [0.29, 0.717) is 11.5 Å². The van der Waals surface area contributed by atoms with Gasteiger partial charge in [0.05, 0.1) is 5.52 Å². The van der Waals surface area contributed by atoms with Crippen molar-refractivity contribution in [2.75, 3.05) is 0 Å². The van der Waals surface area contributed by atoms with E-state index in [1.165, 1.54) is 18.2 Å². The number of hydrogen-bond acceptors (Lipinski definition) is 1. The molecule has 88 valence electrons. The molecule has 0 aliphatic rings. The Labute approximate surface area is 87.6 Å². The van der Waals surface area contributed by atoms with Gasteiger partial charge in [-0.2, -0.15) is 0 Å². The van der Waals surface area contributed by atoms with E-state index in [4.69, 9.17) is 0 Å². The minimum Gasteiger partial charge on any atom is -0.233 e. The van der Waals surface area contributed by atoms with Gasteiger partial charge in [-0.1, -0.05) is 37.6 Å². The van der Waals surface area contributed by atoms with Crippen molar-refractivity contribution < 1.29 is 19.4 Å². The van der Waals surface area contributed by atoms with Crippen LogP contribution >= 0.6 is 10.2 Å². The summed E-state index contributed by atoms with van der Waals surface area (Å²) >= 11 is 0. The van der Waals surface area contributed by atoms with E-state index >= 15 is 0 Å². The molecule has 1 aromatic heterocycles. The number of benzene rings is 1. The third kappa shape index (κ3) is 2.08. The topological polar surface area (TPSA) is 12.9 Å². The fraction of sp³-hybridized carbons (Fsp3) is 0. The molecule has 0 bridgehead atoms. The van der Waals surface area contributed by atoms with Crippen molar-refractivity contribution in [3.63, 3.8) is 0 Å². The normalized spacial score (nSPS) is 16.8. The molecule has 2 rings (SSSR count). The lowest BCUT2D eigenvalue weighted by Crippen LogP contribution is -2.08. The van der Waals surface area contributed by atoms with Gasteiger partial charge in [-0.05, 0) is 18.2 Å². The van der Waals surface area contributed by atoms with Gasteiger partial charge in [-0.3, -0.25) is 0 Å². The van der Waals surface area contributed by atoms with Crippen molar-refractivity contribution in [1.29, 1.82) is 0 Å². The molecule has 0 fully saturated rings. The Morgan fingerprint density at radius 1 is 0.812 bits per heavy atom. The van der Waals surface area contributed by atoms with Crippen LogP contribution in [0.4, 0.5) is 19.4 Å². The van der Waals surface area contributed by atoms with E-state index in [1.807, 2.05) is 0 Å². The van der Waals surface area contributed by atoms with Crippen molar-refractivity contribution in [3.05, 3.63) is 36.4 Å². The van der Waals surface area contributed by atoms with Crippen molar-refractivity contribution in [2.24, 2.45) is 0 Å². The van der Waals surface area contributed by atoms with E-state index in [1.54, 1.807) is 6.07 Å². The summed E-state index contributed by atoms with van der Waals surface area (Å²) in [5, 5.41) is -1.72. The minimum atomic E-state index is -9.66. The molecule has 1 heterocycles. The molecule has 0 atom stereocenters. The molecular formula is C9H6F5NS. The SMILES string of the molecule is FS(F)(F)(F)(F)c1ccc2ccccc2n1.